The molecule has 0 amide bonds. The molecule has 0 saturated carbocycles. The van der Waals surface area contributed by atoms with Crippen molar-refractivity contribution in [1.29, 1.82) is 0 Å². The van der Waals surface area contributed by atoms with E-state index in [1.165, 1.54) is 0 Å². The van der Waals surface area contributed by atoms with Crippen LogP contribution in [-0.2, 0) is 16.6 Å². The standard InChI is InChI=1S/C19H33N5O3S.HI/c1-4-12-27-18-7-6-16(14-21-18)15-22-19(20-3)23-17-8-10-24(11-9-17)28(25,26)13-5-2;/h6-7,14,17H,4-5,8-13,15H2,1-3H3,(H2,20,22,23);1H. The van der Waals surface area contributed by atoms with E-state index < -0.39 is 10.0 Å². The zero-order valence-corrected chi connectivity index (χ0v) is 20.7. The van der Waals surface area contributed by atoms with Crippen LogP contribution < -0.4 is 15.4 Å². The number of ether oxygens (including phenoxy) is 1. The van der Waals surface area contributed by atoms with E-state index in [1.807, 2.05) is 19.1 Å². The van der Waals surface area contributed by atoms with Crippen molar-refractivity contribution in [2.75, 3.05) is 32.5 Å². The molecule has 166 valence electrons. The van der Waals surface area contributed by atoms with Crippen molar-refractivity contribution in [3.63, 3.8) is 0 Å². The van der Waals surface area contributed by atoms with Crippen molar-refractivity contribution in [2.24, 2.45) is 4.99 Å². The Morgan fingerprint density at radius 3 is 2.55 bits per heavy atom. The minimum absolute atomic E-state index is 0. The van der Waals surface area contributed by atoms with Gasteiger partial charge >= 0.3 is 0 Å². The quantitative estimate of drug-likeness (QED) is 0.284. The summed E-state index contributed by atoms with van der Waals surface area (Å²) in [6.45, 7) is 6.33. The molecule has 1 fully saturated rings. The third-order valence-corrected chi connectivity index (χ3v) is 6.66. The lowest BCUT2D eigenvalue weighted by molar-refractivity contribution is 0.305. The maximum absolute atomic E-state index is 12.2. The lowest BCUT2D eigenvalue weighted by Crippen LogP contribution is -2.49. The fraction of sp³-hybridized carbons (Fsp3) is 0.684. The summed E-state index contributed by atoms with van der Waals surface area (Å²) in [5.41, 5.74) is 1.03. The number of piperidine rings is 1. The van der Waals surface area contributed by atoms with E-state index in [0.717, 1.165) is 24.8 Å². The van der Waals surface area contributed by atoms with Crippen LogP contribution >= 0.6 is 24.0 Å². The Kier molecular flexibility index (Phi) is 11.8. The number of aliphatic imine (C=N–C) groups is 1. The molecule has 0 aromatic carbocycles. The van der Waals surface area contributed by atoms with Crippen LogP contribution in [0.5, 0.6) is 5.88 Å². The molecule has 1 saturated heterocycles. The van der Waals surface area contributed by atoms with Crippen molar-refractivity contribution < 1.29 is 13.2 Å². The Morgan fingerprint density at radius 1 is 1.28 bits per heavy atom. The summed E-state index contributed by atoms with van der Waals surface area (Å²) in [7, 11) is -1.37. The van der Waals surface area contributed by atoms with Gasteiger partial charge in [-0.1, -0.05) is 19.9 Å². The first-order valence-corrected chi connectivity index (χ1v) is 11.6. The number of nitrogens with zero attached hydrogens (tertiary/aromatic N) is 3. The van der Waals surface area contributed by atoms with Gasteiger partial charge in [0.1, 0.15) is 0 Å². The second-order valence-corrected chi connectivity index (χ2v) is 9.00. The second kappa shape index (κ2) is 13.2. The molecule has 10 heteroatoms. The molecular formula is C19H34IN5O3S. The lowest BCUT2D eigenvalue weighted by atomic mass is 10.1. The van der Waals surface area contributed by atoms with Crippen molar-refractivity contribution in [2.45, 2.75) is 52.1 Å². The summed E-state index contributed by atoms with van der Waals surface area (Å²) < 4.78 is 31.4. The molecule has 0 aliphatic carbocycles. The zero-order chi connectivity index (χ0) is 20.4. The Morgan fingerprint density at radius 2 is 2.00 bits per heavy atom. The molecule has 2 N–H and O–H groups in total. The molecular weight excluding hydrogens is 505 g/mol. The van der Waals surface area contributed by atoms with Gasteiger partial charge in [0, 0.05) is 45.0 Å². The topological polar surface area (TPSA) is 95.9 Å². The molecule has 0 radical (unpaired) electrons. The number of guanidine groups is 1. The fourth-order valence-electron chi connectivity index (χ4n) is 3.05. The molecule has 1 aromatic heterocycles. The molecule has 0 bridgehead atoms. The van der Waals surface area contributed by atoms with Gasteiger partial charge in [-0.25, -0.2) is 17.7 Å². The highest BCUT2D eigenvalue weighted by molar-refractivity contribution is 14.0. The van der Waals surface area contributed by atoms with Gasteiger partial charge in [0.25, 0.3) is 0 Å². The maximum Gasteiger partial charge on any atom is 0.214 e. The Hall–Kier alpha value is -1.14. The van der Waals surface area contributed by atoms with Crippen molar-refractivity contribution in [3.05, 3.63) is 23.9 Å². The molecule has 0 spiro atoms. The van der Waals surface area contributed by atoms with Crippen molar-refractivity contribution in [1.82, 2.24) is 19.9 Å². The van der Waals surface area contributed by atoms with Gasteiger partial charge < -0.3 is 15.4 Å². The molecule has 29 heavy (non-hydrogen) atoms. The van der Waals surface area contributed by atoms with E-state index in [2.05, 4.69) is 27.5 Å². The molecule has 8 nitrogen and oxygen atoms in total. The third-order valence-electron chi connectivity index (χ3n) is 4.59. The lowest BCUT2D eigenvalue weighted by Gasteiger charge is -2.32. The number of hydrogen-bond donors (Lipinski definition) is 2. The predicted molar refractivity (Wildman–Crippen MR) is 127 cm³/mol. The Labute approximate surface area is 192 Å². The first-order valence-electron chi connectivity index (χ1n) is 10.0. The summed E-state index contributed by atoms with van der Waals surface area (Å²) in [5.74, 6) is 1.57. The van der Waals surface area contributed by atoms with Gasteiger partial charge in [-0.15, -0.1) is 24.0 Å². The smallest absolute Gasteiger partial charge is 0.214 e. The van der Waals surface area contributed by atoms with Gasteiger partial charge in [0.2, 0.25) is 15.9 Å². The van der Waals surface area contributed by atoms with Gasteiger partial charge in [-0.05, 0) is 31.2 Å². The molecule has 1 aliphatic heterocycles. The molecule has 0 unspecified atom stereocenters. The normalized spacial score (nSPS) is 16.2. The maximum atomic E-state index is 12.2. The largest absolute Gasteiger partial charge is 0.478 e. The van der Waals surface area contributed by atoms with Crippen LogP contribution in [0.25, 0.3) is 0 Å². The number of hydrogen-bond acceptors (Lipinski definition) is 5. The predicted octanol–water partition coefficient (Wildman–Crippen LogP) is 2.36. The monoisotopic (exact) mass is 539 g/mol. The molecule has 2 rings (SSSR count). The van der Waals surface area contributed by atoms with E-state index in [0.29, 0.717) is 44.5 Å². The van der Waals surface area contributed by atoms with E-state index in [-0.39, 0.29) is 35.8 Å². The van der Waals surface area contributed by atoms with E-state index in [9.17, 15) is 8.42 Å². The molecule has 2 heterocycles. The highest BCUT2D eigenvalue weighted by Gasteiger charge is 2.27. The summed E-state index contributed by atoms with van der Waals surface area (Å²) in [6.07, 6.45) is 4.94. The van der Waals surface area contributed by atoms with Crippen LogP contribution in [0, 0.1) is 0 Å². The number of pyridine rings is 1. The van der Waals surface area contributed by atoms with E-state index in [4.69, 9.17) is 4.74 Å². The molecule has 0 atom stereocenters. The summed E-state index contributed by atoms with van der Waals surface area (Å²) >= 11 is 0. The SMILES string of the molecule is CCCOc1ccc(CNC(=NC)NC2CCN(S(=O)(=O)CCC)CC2)cn1.I. The molecule has 1 aromatic rings. The van der Waals surface area contributed by atoms with Crippen molar-refractivity contribution in [3.8, 4) is 5.88 Å². The van der Waals surface area contributed by atoms with E-state index >= 15 is 0 Å². The average Bonchev–Trinajstić information content (AvgIpc) is 2.70. The molecule has 1 aliphatic rings. The van der Waals surface area contributed by atoms with Crippen LogP contribution in [-0.4, -0.2) is 62.2 Å². The summed E-state index contributed by atoms with van der Waals surface area (Å²) in [6, 6.07) is 4.06. The van der Waals surface area contributed by atoms with Crippen LogP contribution in [0.3, 0.4) is 0 Å². The summed E-state index contributed by atoms with van der Waals surface area (Å²) in [5, 5.41) is 6.68. The number of sulfonamides is 1. The van der Waals surface area contributed by atoms with E-state index in [1.54, 1.807) is 17.5 Å². The van der Waals surface area contributed by atoms with Crippen LogP contribution in [0.15, 0.2) is 23.3 Å². The highest BCUT2D eigenvalue weighted by Crippen LogP contribution is 2.15. The Bertz CT molecular complexity index is 720. The minimum atomic E-state index is -3.10. The van der Waals surface area contributed by atoms with Gasteiger partial charge in [-0.3, -0.25) is 4.99 Å². The second-order valence-electron chi connectivity index (χ2n) is 6.91. The summed E-state index contributed by atoms with van der Waals surface area (Å²) in [4.78, 5) is 8.57. The van der Waals surface area contributed by atoms with Gasteiger partial charge in [-0.2, -0.15) is 0 Å². The first-order chi connectivity index (χ1) is 13.5. The zero-order valence-electron chi connectivity index (χ0n) is 17.6. The van der Waals surface area contributed by atoms with Gasteiger partial charge in [0.05, 0.1) is 12.4 Å². The minimum Gasteiger partial charge on any atom is -0.478 e. The average molecular weight is 539 g/mol. The number of halogens is 1. The van der Waals surface area contributed by atoms with Gasteiger partial charge in [0.15, 0.2) is 5.96 Å². The number of nitrogens with one attached hydrogen (secondary N) is 2. The fourth-order valence-corrected chi connectivity index (χ4v) is 4.59. The van der Waals surface area contributed by atoms with Crippen LogP contribution in [0.2, 0.25) is 0 Å². The number of rotatable bonds is 9. The van der Waals surface area contributed by atoms with Crippen molar-refractivity contribution >= 4 is 40.0 Å². The van der Waals surface area contributed by atoms with Crippen LogP contribution in [0.4, 0.5) is 0 Å². The van der Waals surface area contributed by atoms with Crippen LogP contribution in [0.1, 0.15) is 45.1 Å². The highest BCUT2D eigenvalue weighted by atomic mass is 127. The first kappa shape index (κ1) is 25.9. The number of aromatic nitrogens is 1. The Balaban J connectivity index is 0.00000420. The third kappa shape index (κ3) is 8.63.